The molecule has 0 atom stereocenters. The highest BCUT2D eigenvalue weighted by atomic mass is 16.5. The van der Waals surface area contributed by atoms with Gasteiger partial charge in [-0.05, 0) is 17.7 Å². The van der Waals surface area contributed by atoms with Gasteiger partial charge in [0.25, 0.3) is 5.91 Å². The number of hydrogen-bond donors (Lipinski definition) is 2. The van der Waals surface area contributed by atoms with Crippen LogP contribution in [0.2, 0.25) is 0 Å². The van der Waals surface area contributed by atoms with Gasteiger partial charge in [0.05, 0.1) is 12.7 Å². The smallest absolute Gasteiger partial charge is 0.353 e. The molecule has 0 aliphatic heterocycles. The predicted molar refractivity (Wildman–Crippen MR) is 88.9 cm³/mol. The van der Waals surface area contributed by atoms with Crippen molar-refractivity contribution in [3.8, 4) is 0 Å². The minimum absolute atomic E-state index is 0.0488. The Kier molecular flexibility index (Phi) is 4.61. The molecule has 0 fully saturated rings. The molecule has 0 radical (unpaired) electrons. The number of aromatic carboxylic acids is 1. The van der Waals surface area contributed by atoms with Gasteiger partial charge in [0.15, 0.2) is 0 Å². The summed E-state index contributed by atoms with van der Waals surface area (Å²) in [5.74, 6) is -2.05. The first-order chi connectivity index (χ1) is 12.5. The van der Waals surface area contributed by atoms with Crippen molar-refractivity contribution in [2.45, 2.75) is 6.54 Å². The van der Waals surface area contributed by atoms with Gasteiger partial charge in [-0.1, -0.05) is 12.1 Å². The Hall–Kier alpha value is -3.75. The summed E-state index contributed by atoms with van der Waals surface area (Å²) in [7, 11) is 1.30. The van der Waals surface area contributed by atoms with E-state index in [1.54, 1.807) is 24.3 Å². The van der Waals surface area contributed by atoms with E-state index in [-0.39, 0.29) is 23.7 Å². The molecular formula is C17H14N4O5. The number of carboxylic acids is 1. The van der Waals surface area contributed by atoms with E-state index in [0.29, 0.717) is 5.56 Å². The van der Waals surface area contributed by atoms with Crippen LogP contribution in [-0.4, -0.2) is 44.4 Å². The number of esters is 1. The monoisotopic (exact) mass is 354 g/mol. The zero-order chi connectivity index (χ0) is 18.7. The van der Waals surface area contributed by atoms with Gasteiger partial charge in [0.2, 0.25) is 5.78 Å². The lowest BCUT2D eigenvalue weighted by Crippen LogP contribution is -2.25. The number of nitrogens with one attached hydrogen (secondary N) is 1. The average molecular weight is 354 g/mol. The Bertz CT molecular complexity index is 994. The summed E-state index contributed by atoms with van der Waals surface area (Å²) in [5, 5.41) is 11.9. The molecule has 0 saturated carbocycles. The van der Waals surface area contributed by atoms with Crippen molar-refractivity contribution in [1.82, 2.24) is 19.7 Å². The van der Waals surface area contributed by atoms with Gasteiger partial charge in [0, 0.05) is 25.0 Å². The molecule has 3 rings (SSSR count). The molecule has 2 aromatic heterocycles. The van der Waals surface area contributed by atoms with Crippen molar-refractivity contribution in [1.29, 1.82) is 0 Å². The van der Waals surface area contributed by atoms with Crippen LogP contribution in [0, 0.1) is 0 Å². The van der Waals surface area contributed by atoms with Crippen molar-refractivity contribution < 1.29 is 24.2 Å². The maximum Gasteiger partial charge on any atom is 0.353 e. The van der Waals surface area contributed by atoms with Crippen LogP contribution >= 0.6 is 0 Å². The first-order valence-corrected chi connectivity index (χ1v) is 7.52. The van der Waals surface area contributed by atoms with Gasteiger partial charge in [-0.2, -0.15) is 0 Å². The standard InChI is InChI=1S/C17H14N4O5/c1-26-16(25)11-4-2-10(3-5-11)9-19-14(22)12-8-13(15(23)24)21-7-6-18-17(21)20-12/h2-8H,9H2,1H3,(H,19,22)(H,23,24). The number of amides is 1. The summed E-state index contributed by atoms with van der Waals surface area (Å²) in [6.07, 6.45) is 2.86. The fourth-order valence-electron chi connectivity index (χ4n) is 2.34. The molecule has 0 unspecified atom stereocenters. The molecule has 26 heavy (non-hydrogen) atoms. The SMILES string of the molecule is COC(=O)c1ccc(CNC(=O)c2cc(C(=O)O)n3ccnc3n2)cc1. The van der Waals surface area contributed by atoms with E-state index in [2.05, 4.69) is 20.0 Å². The van der Waals surface area contributed by atoms with Gasteiger partial charge >= 0.3 is 11.9 Å². The fourth-order valence-corrected chi connectivity index (χ4v) is 2.34. The summed E-state index contributed by atoms with van der Waals surface area (Å²) in [5.41, 5.74) is 0.999. The lowest BCUT2D eigenvalue weighted by atomic mass is 10.1. The number of carboxylic acid groups (broad SMARTS) is 1. The Morgan fingerprint density at radius 1 is 1.23 bits per heavy atom. The number of carbonyl (C=O) groups excluding carboxylic acids is 2. The first-order valence-electron chi connectivity index (χ1n) is 7.52. The predicted octanol–water partition coefficient (Wildman–Crippen LogP) is 1.14. The molecule has 0 aliphatic rings. The molecule has 2 heterocycles. The lowest BCUT2D eigenvalue weighted by Gasteiger charge is -2.07. The van der Waals surface area contributed by atoms with Gasteiger partial charge < -0.3 is 15.2 Å². The van der Waals surface area contributed by atoms with Gasteiger partial charge in [-0.25, -0.2) is 19.6 Å². The van der Waals surface area contributed by atoms with Crippen LogP contribution in [0.4, 0.5) is 0 Å². The van der Waals surface area contributed by atoms with E-state index in [0.717, 1.165) is 5.56 Å². The van der Waals surface area contributed by atoms with E-state index >= 15 is 0 Å². The molecule has 0 aliphatic carbocycles. The Morgan fingerprint density at radius 3 is 2.62 bits per heavy atom. The number of benzene rings is 1. The third-order valence-electron chi connectivity index (χ3n) is 3.65. The molecule has 0 bridgehead atoms. The molecule has 0 spiro atoms. The van der Waals surface area contributed by atoms with Crippen molar-refractivity contribution in [2.24, 2.45) is 0 Å². The minimum atomic E-state index is -1.19. The molecule has 132 valence electrons. The summed E-state index contributed by atoms with van der Waals surface area (Å²) in [4.78, 5) is 43.0. The number of fused-ring (bicyclic) bond motifs is 1. The highest BCUT2D eigenvalue weighted by Crippen LogP contribution is 2.09. The van der Waals surface area contributed by atoms with Crippen LogP contribution in [0.1, 0.15) is 36.9 Å². The number of imidazole rings is 1. The summed E-state index contributed by atoms with van der Waals surface area (Å²) >= 11 is 0. The molecule has 3 aromatic rings. The van der Waals surface area contributed by atoms with Crippen molar-refractivity contribution in [3.63, 3.8) is 0 Å². The maximum absolute atomic E-state index is 12.3. The summed E-state index contributed by atoms with van der Waals surface area (Å²) < 4.78 is 5.90. The van der Waals surface area contributed by atoms with Crippen molar-refractivity contribution in [3.05, 3.63) is 65.2 Å². The lowest BCUT2D eigenvalue weighted by molar-refractivity contribution is 0.0599. The second-order valence-corrected chi connectivity index (χ2v) is 5.30. The molecule has 2 N–H and O–H groups in total. The zero-order valence-corrected chi connectivity index (χ0v) is 13.7. The maximum atomic E-state index is 12.3. The largest absolute Gasteiger partial charge is 0.477 e. The van der Waals surface area contributed by atoms with E-state index < -0.39 is 17.8 Å². The second-order valence-electron chi connectivity index (χ2n) is 5.30. The third-order valence-corrected chi connectivity index (χ3v) is 3.65. The zero-order valence-electron chi connectivity index (χ0n) is 13.7. The molecule has 0 saturated heterocycles. The number of methoxy groups -OCH3 is 1. The first kappa shape index (κ1) is 17.1. The van der Waals surface area contributed by atoms with Crippen molar-refractivity contribution in [2.75, 3.05) is 7.11 Å². The highest BCUT2D eigenvalue weighted by Gasteiger charge is 2.16. The average Bonchev–Trinajstić information content (AvgIpc) is 3.13. The van der Waals surface area contributed by atoms with Crippen LogP contribution < -0.4 is 5.32 Å². The number of ether oxygens (including phenoxy) is 1. The van der Waals surface area contributed by atoms with Crippen LogP contribution in [0.15, 0.2) is 42.7 Å². The number of rotatable bonds is 5. The van der Waals surface area contributed by atoms with E-state index in [9.17, 15) is 19.5 Å². The molecule has 9 nitrogen and oxygen atoms in total. The number of carbonyl (C=O) groups is 3. The summed E-state index contributed by atoms with van der Waals surface area (Å²) in [6.45, 7) is 0.185. The third kappa shape index (κ3) is 3.36. The minimum Gasteiger partial charge on any atom is -0.477 e. The van der Waals surface area contributed by atoms with Crippen molar-refractivity contribution >= 4 is 23.6 Å². The Morgan fingerprint density at radius 2 is 1.96 bits per heavy atom. The van der Waals surface area contributed by atoms with Crippen LogP contribution in [0.25, 0.3) is 5.78 Å². The van der Waals surface area contributed by atoms with Gasteiger partial charge in [0.1, 0.15) is 11.4 Å². The van der Waals surface area contributed by atoms with Crippen LogP contribution in [0.3, 0.4) is 0 Å². The number of aromatic nitrogens is 3. The van der Waals surface area contributed by atoms with Gasteiger partial charge in [-0.15, -0.1) is 0 Å². The van der Waals surface area contributed by atoms with Crippen LogP contribution in [0.5, 0.6) is 0 Å². The topological polar surface area (TPSA) is 123 Å². The Labute approximate surface area is 147 Å². The van der Waals surface area contributed by atoms with E-state index in [4.69, 9.17) is 0 Å². The number of hydrogen-bond acceptors (Lipinski definition) is 6. The van der Waals surface area contributed by atoms with Crippen LogP contribution in [-0.2, 0) is 11.3 Å². The molecule has 1 aromatic carbocycles. The highest BCUT2D eigenvalue weighted by molar-refractivity contribution is 5.96. The van der Waals surface area contributed by atoms with E-state index in [1.807, 2.05) is 0 Å². The Balaban J connectivity index is 1.75. The quantitative estimate of drug-likeness (QED) is 0.659. The number of nitrogens with zero attached hydrogens (tertiary/aromatic N) is 3. The van der Waals surface area contributed by atoms with E-state index in [1.165, 1.54) is 30.0 Å². The normalized spacial score (nSPS) is 10.5. The summed E-state index contributed by atoms with van der Waals surface area (Å²) in [6, 6.07) is 7.73. The van der Waals surface area contributed by atoms with Gasteiger partial charge in [-0.3, -0.25) is 9.20 Å². The fraction of sp³-hybridized carbons (Fsp3) is 0.118. The second kappa shape index (κ2) is 7.01. The molecule has 9 heteroatoms. The molecule has 1 amide bonds. The molecular weight excluding hydrogens is 340 g/mol.